The van der Waals surface area contributed by atoms with Crippen LogP contribution in [0.25, 0.3) is 0 Å². The largest absolute Gasteiger partial charge is 0.506 e. The lowest BCUT2D eigenvalue weighted by Gasteiger charge is -1.85. The molecule has 0 aliphatic rings. The second-order valence-electron chi connectivity index (χ2n) is 3.63. The summed E-state index contributed by atoms with van der Waals surface area (Å²) in [7, 11) is 0. The molecule has 50 heavy (non-hydrogen) atoms. The zero-order chi connectivity index (χ0) is 44.3. The van der Waals surface area contributed by atoms with Crippen LogP contribution in [0, 0.1) is 0 Å². The summed E-state index contributed by atoms with van der Waals surface area (Å²) in [4.78, 5) is 103. The van der Waals surface area contributed by atoms with E-state index in [1.54, 1.807) is 0 Å². The summed E-state index contributed by atoms with van der Waals surface area (Å²) in [5.74, 6) is 0. The van der Waals surface area contributed by atoms with Crippen LogP contribution in [0.5, 0.6) is 0 Å². The fourth-order valence-electron chi connectivity index (χ4n) is 0.0467. The fraction of sp³-hybridized carbons (Fsp3) is 0.0769. The normalized spacial score (nSPS) is 6.18. The maximum Gasteiger partial charge on any atom is 0.506 e. The molecule has 0 atom stereocenters. The van der Waals surface area contributed by atoms with E-state index in [4.69, 9.17) is 182 Å². The van der Waals surface area contributed by atoms with Gasteiger partial charge in [-0.1, -0.05) is 11.6 Å². The molecule has 23 N–H and O–H groups in total. The highest BCUT2D eigenvalue weighted by atomic mass is 35.5. The lowest BCUT2D eigenvalue weighted by Crippen LogP contribution is -1.95. The predicted molar refractivity (Wildman–Crippen MR) is 137 cm³/mol. The van der Waals surface area contributed by atoms with E-state index in [2.05, 4.69) is 4.74 Å². The first kappa shape index (κ1) is 78.2. The maximum absolute atomic E-state index is 9.29. The molecule has 37 heteroatoms. The van der Waals surface area contributed by atoms with Crippen LogP contribution in [-0.4, -0.2) is 197 Å². The zero-order valence-corrected chi connectivity index (χ0v) is 23.4. The standard InChI is InChI=1S/C2H3ClO3.11CH2O3/c3-1-6-2(4)5;11*2-1(3)4/h1H2,(H,4,5);11*(H2,2,3,4). The van der Waals surface area contributed by atoms with E-state index >= 15 is 0 Å². The van der Waals surface area contributed by atoms with Crippen molar-refractivity contribution in [3.63, 3.8) is 0 Å². The predicted octanol–water partition coefficient (Wildman–Crippen LogP) is 3.32. The molecular weight excluding hydrogens is 768 g/mol. The van der Waals surface area contributed by atoms with E-state index in [1.807, 2.05) is 0 Å². The summed E-state index contributed by atoms with van der Waals surface area (Å²) < 4.78 is 3.72. The van der Waals surface area contributed by atoms with Crippen LogP contribution in [0.4, 0.5) is 57.5 Å². The number of halogens is 1. The second-order valence-corrected chi connectivity index (χ2v) is 3.85. The van der Waals surface area contributed by atoms with Gasteiger partial charge in [-0.2, -0.15) is 0 Å². The van der Waals surface area contributed by atoms with Crippen molar-refractivity contribution >= 4 is 85.5 Å². The summed E-state index contributed by atoms with van der Waals surface area (Å²) in [6, 6.07) is -0.296. The van der Waals surface area contributed by atoms with Gasteiger partial charge in [0.25, 0.3) is 0 Å². The van der Waals surface area contributed by atoms with Gasteiger partial charge in [0.2, 0.25) is 0 Å². The van der Waals surface area contributed by atoms with Crippen LogP contribution in [0.3, 0.4) is 0 Å². The van der Waals surface area contributed by atoms with Crippen molar-refractivity contribution < 1.29 is 180 Å². The van der Waals surface area contributed by atoms with Crippen LogP contribution in [0.2, 0.25) is 0 Å². The van der Waals surface area contributed by atoms with Gasteiger partial charge in [0, 0.05) is 0 Å². The monoisotopic (exact) mass is 792 g/mol. The topological polar surface area (TPSA) is 679 Å². The van der Waals surface area contributed by atoms with Crippen LogP contribution in [-0.2, 0) is 4.74 Å². The van der Waals surface area contributed by atoms with Crippen molar-refractivity contribution in [3.8, 4) is 0 Å². The highest BCUT2D eigenvalue weighted by Crippen LogP contribution is 1.77. The quantitative estimate of drug-likeness (QED) is 0.134. The Balaban J connectivity index is -0.0000000316. The number of carboxylic acid groups (broad SMARTS) is 23. The van der Waals surface area contributed by atoms with Crippen LogP contribution in [0.1, 0.15) is 0 Å². The minimum absolute atomic E-state index is 0.296. The van der Waals surface area contributed by atoms with Crippen molar-refractivity contribution in [1.82, 2.24) is 0 Å². The van der Waals surface area contributed by atoms with Crippen molar-refractivity contribution in [1.29, 1.82) is 0 Å². The first-order chi connectivity index (χ1) is 21.8. The van der Waals surface area contributed by atoms with E-state index in [0.717, 1.165) is 0 Å². The Bertz CT molecular complexity index is 647. The molecule has 0 bridgehead atoms. The number of ether oxygens (including phenoxy) is 1. The Morgan fingerprint density at radius 1 is 0.260 bits per heavy atom. The van der Waals surface area contributed by atoms with Gasteiger partial charge >= 0.3 is 73.9 Å². The molecule has 0 spiro atoms. The van der Waals surface area contributed by atoms with E-state index in [-0.39, 0.29) is 6.07 Å². The average Bonchev–Trinajstić information content (AvgIpc) is 2.69. The van der Waals surface area contributed by atoms with Crippen LogP contribution >= 0.6 is 11.6 Å². The molecule has 36 nitrogen and oxygen atoms in total. The highest BCUT2D eigenvalue weighted by molar-refractivity contribution is 6.17. The molecule has 0 fully saturated rings. The lowest BCUT2D eigenvalue weighted by atomic mass is 11.4. The molecule has 0 aliphatic carbocycles. The number of hydrogen-bond acceptors (Lipinski definition) is 13. The molecule has 0 heterocycles. The summed E-state index contributed by atoms with van der Waals surface area (Å²) in [6.07, 6.45) is -21.5. The van der Waals surface area contributed by atoms with Gasteiger partial charge in [0.1, 0.15) is 0 Å². The molecule has 0 radical (unpaired) electrons. The Labute approximate surface area is 272 Å². The number of rotatable bonds is 1. The van der Waals surface area contributed by atoms with Gasteiger partial charge in [-0.05, 0) is 0 Å². The van der Waals surface area contributed by atoms with E-state index < -0.39 is 73.9 Å². The van der Waals surface area contributed by atoms with Crippen molar-refractivity contribution in [2.24, 2.45) is 0 Å². The molecule has 0 aliphatic heterocycles. The third-order valence-electron chi connectivity index (χ3n) is 0.178. The minimum Gasteiger partial charge on any atom is -0.450 e. The van der Waals surface area contributed by atoms with E-state index in [9.17, 15) is 4.79 Å². The molecule has 0 aromatic carbocycles. The number of carbonyl (C=O) groups is 12. The highest BCUT2D eigenvalue weighted by Gasteiger charge is 1.87. The number of alkyl halides is 1. The van der Waals surface area contributed by atoms with Crippen molar-refractivity contribution in [3.05, 3.63) is 0 Å². The van der Waals surface area contributed by atoms with Gasteiger partial charge in [-0.15, -0.1) is 0 Å². The summed E-state index contributed by atoms with van der Waals surface area (Å²) in [5, 5.41) is 161. The van der Waals surface area contributed by atoms with Gasteiger partial charge in [-0.25, -0.2) is 57.5 Å². The summed E-state index contributed by atoms with van der Waals surface area (Å²) in [6.45, 7) is 0. The molecule has 0 aromatic rings. The molecule has 300 valence electrons. The Kier molecular flexibility index (Phi) is 114. The molecule has 0 saturated carbocycles. The first-order valence-corrected chi connectivity index (χ1v) is 8.89. The van der Waals surface area contributed by atoms with E-state index in [0.29, 0.717) is 0 Å². The van der Waals surface area contributed by atoms with Gasteiger partial charge in [0.05, 0.1) is 0 Å². The molecular formula is C13H25ClO36. The van der Waals surface area contributed by atoms with Crippen LogP contribution < -0.4 is 0 Å². The van der Waals surface area contributed by atoms with Crippen molar-refractivity contribution in [2.45, 2.75) is 0 Å². The number of hydrogen-bond donors (Lipinski definition) is 23. The zero-order valence-electron chi connectivity index (χ0n) is 22.7. The maximum atomic E-state index is 9.29. The lowest BCUT2D eigenvalue weighted by molar-refractivity contribution is 0.107. The fourth-order valence-corrected chi connectivity index (χ4v) is 0.140. The van der Waals surface area contributed by atoms with Crippen molar-refractivity contribution in [2.75, 3.05) is 6.07 Å². The first-order valence-electron chi connectivity index (χ1n) is 8.35. The second kappa shape index (κ2) is 72.6. The van der Waals surface area contributed by atoms with E-state index in [1.165, 1.54) is 0 Å². The average molecular weight is 793 g/mol. The molecule has 0 amide bonds. The molecule has 0 saturated heterocycles. The van der Waals surface area contributed by atoms with Gasteiger partial charge in [-0.3, -0.25) is 0 Å². The Hall–Kier alpha value is -8.47. The third kappa shape index (κ3) is 1960. The smallest absolute Gasteiger partial charge is 0.450 e. The van der Waals surface area contributed by atoms with Crippen LogP contribution in [0.15, 0.2) is 0 Å². The Morgan fingerprint density at radius 2 is 0.320 bits per heavy atom. The summed E-state index contributed by atoms with van der Waals surface area (Å²) in [5.41, 5.74) is 0. The minimum atomic E-state index is -1.83. The SMILES string of the molecule is O=C(O)O.O=C(O)O.O=C(O)O.O=C(O)O.O=C(O)O.O=C(O)O.O=C(O)O.O=C(O)O.O=C(O)O.O=C(O)O.O=C(O)O.O=C(O)OCCl. The summed E-state index contributed by atoms with van der Waals surface area (Å²) >= 11 is 4.79. The van der Waals surface area contributed by atoms with Gasteiger partial charge in [0.15, 0.2) is 6.07 Å². The Morgan fingerprint density at radius 3 is 0.320 bits per heavy atom. The van der Waals surface area contributed by atoms with Gasteiger partial charge < -0.3 is 122 Å². The third-order valence-corrected chi connectivity index (χ3v) is 0.287. The molecule has 0 aromatic heterocycles. The molecule has 0 unspecified atom stereocenters. The molecule has 0 rings (SSSR count).